The van der Waals surface area contributed by atoms with E-state index in [-0.39, 0.29) is 17.5 Å². The maximum absolute atomic E-state index is 13.3. The fourth-order valence-electron chi connectivity index (χ4n) is 3.95. The van der Waals surface area contributed by atoms with Crippen molar-refractivity contribution in [3.8, 4) is 5.88 Å². The minimum Gasteiger partial charge on any atom is -0.492 e. The standard InChI is InChI=1S/C24H33N5O5/c1-14(2)12-28-18-11-17(15-7-6-10-27(13-15)23(33)34-24(3,4)5)26-29(18)22(32)19(21(28)31)20(30)25-16-8-9-16/h7,11,14,16,32H,6,8-10,12-13H2,1-5H3,(H,25,30). The van der Waals surface area contributed by atoms with Crippen LogP contribution in [-0.2, 0) is 11.3 Å². The molecule has 0 bridgehead atoms. The third-order valence-electron chi connectivity index (χ3n) is 5.67. The van der Waals surface area contributed by atoms with Gasteiger partial charge >= 0.3 is 6.09 Å². The van der Waals surface area contributed by atoms with Crippen molar-refractivity contribution < 1.29 is 19.4 Å². The Labute approximate surface area is 198 Å². The Balaban J connectivity index is 1.73. The quantitative estimate of drug-likeness (QED) is 0.692. The SMILES string of the molecule is CC(C)Cn1c(=O)c(C(=O)NC2CC2)c(O)n2nc(C3=CCCN(C(=O)OC(C)(C)C)C3)cc12. The fraction of sp³-hybridized carbons (Fsp3) is 0.583. The van der Waals surface area contributed by atoms with Gasteiger partial charge in [0.05, 0.1) is 12.2 Å². The number of carbonyl (C=O) groups is 2. The first-order chi connectivity index (χ1) is 15.9. The molecular weight excluding hydrogens is 438 g/mol. The van der Waals surface area contributed by atoms with Crippen LogP contribution in [0.1, 0.15) is 69.9 Å². The number of hydrogen-bond acceptors (Lipinski definition) is 6. The van der Waals surface area contributed by atoms with Gasteiger partial charge < -0.3 is 20.1 Å². The highest BCUT2D eigenvalue weighted by Crippen LogP contribution is 2.26. The summed E-state index contributed by atoms with van der Waals surface area (Å²) in [5.41, 5.74) is 0.258. The number of rotatable bonds is 5. The lowest BCUT2D eigenvalue weighted by Gasteiger charge is -2.29. The van der Waals surface area contributed by atoms with E-state index in [1.807, 2.05) is 40.7 Å². The van der Waals surface area contributed by atoms with E-state index in [2.05, 4.69) is 10.4 Å². The lowest BCUT2D eigenvalue weighted by Crippen LogP contribution is -2.39. The predicted molar refractivity (Wildman–Crippen MR) is 127 cm³/mol. The van der Waals surface area contributed by atoms with Gasteiger partial charge in [-0.05, 0) is 51.5 Å². The van der Waals surface area contributed by atoms with Crippen LogP contribution in [-0.4, -0.2) is 60.9 Å². The molecule has 0 aromatic carbocycles. The summed E-state index contributed by atoms with van der Waals surface area (Å²) in [6.07, 6.45) is 3.94. The molecule has 4 rings (SSSR count). The summed E-state index contributed by atoms with van der Waals surface area (Å²) < 4.78 is 8.23. The number of hydrogen-bond donors (Lipinski definition) is 2. The van der Waals surface area contributed by atoms with Crippen LogP contribution >= 0.6 is 0 Å². The zero-order valence-corrected chi connectivity index (χ0v) is 20.4. The zero-order valence-electron chi connectivity index (χ0n) is 20.4. The van der Waals surface area contributed by atoms with E-state index in [4.69, 9.17) is 4.74 Å². The van der Waals surface area contributed by atoms with Crippen LogP contribution in [0.5, 0.6) is 5.88 Å². The Bertz CT molecular complexity index is 1210. The van der Waals surface area contributed by atoms with Crippen molar-refractivity contribution in [2.24, 2.45) is 5.92 Å². The molecule has 10 nitrogen and oxygen atoms in total. The Morgan fingerprint density at radius 2 is 2.00 bits per heavy atom. The molecule has 10 heteroatoms. The van der Waals surface area contributed by atoms with Crippen LogP contribution in [0.25, 0.3) is 11.2 Å². The molecule has 0 saturated heterocycles. The summed E-state index contributed by atoms with van der Waals surface area (Å²) in [5.74, 6) is -0.945. The Morgan fingerprint density at radius 3 is 2.62 bits per heavy atom. The van der Waals surface area contributed by atoms with Crippen LogP contribution < -0.4 is 10.9 Å². The summed E-state index contributed by atoms with van der Waals surface area (Å²) >= 11 is 0. The van der Waals surface area contributed by atoms with Gasteiger partial charge in [-0.25, -0.2) is 4.79 Å². The molecule has 1 aliphatic heterocycles. The van der Waals surface area contributed by atoms with Gasteiger partial charge in [-0.15, -0.1) is 0 Å². The predicted octanol–water partition coefficient (Wildman–Crippen LogP) is 2.77. The highest BCUT2D eigenvalue weighted by molar-refractivity contribution is 5.96. The van der Waals surface area contributed by atoms with Crippen molar-refractivity contribution in [1.29, 1.82) is 0 Å². The van der Waals surface area contributed by atoms with E-state index >= 15 is 0 Å². The number of nitrogens with one attached hydrogen (secondary N) is 1. The van der Waals surface area contributed by atoms with Crippen molar-refractivity contribution in [2.75, 3.05) is 13.1 Å². The summed E-state index contributed by atoms with van der Waals surface area (Å²) in [6, 6.07) is 1.76. The molecule has 34 heavy (non-hydrogen) atoms. The second-order valence-electron chi connectivity index (χ2n) is 10.5. The lowest BCUT2D eigenvalue weighted by molar-refractivity contribution is 0.0273. The number of carbonyl (C=O) groups excluding carboxylic acids is 2. The Morgan fingerprint density at radius 1 is 1.29 bits per heavy atom. The van der Waals surface area contributed by atoms with Crippen LogP contribution in [0.4, 0.5) is 4.79 Å². The van der Waals surface area contributed by atoms with E-state index in [0.29, 0.717) is 37.4 Å². The maximum atomic E-state index is 13.3. The van der Waals surface area contributed by atoms with Gasteiger partial charge in [0.1, 0.15) is 11.2 Å². The maximum Gasteiger partial charge on any atom is 0.410 e. The third-order valence-corrected chi connectivity index (χ3v) is 5.67. The van der Waals surface area contributed by atoms with Gasteiger partial charge in [-0.3, -0.25) is 14.2 Å². The normalized spacial score (nSPS) is 16.6. The number of aromatic nitrogens is 3. The molecule has 2 N–H and O–H groups in total. The molecule has 0 radical (unpaired) electrons. The van der Waals surface area contributed by atoms with E-state index in [9.17, 15) is 19.5 Å². The first kappa shape index (κ1) is 23.8. The fourth-order valence-corrected chi connectivity index (χ4v) is 3.95. The van der Waals surface area contributed by atoms with Crippen molar-refractivity contribution in [1.82, 2.24) is 24.4 Å². The lowest BCUT2D eigenvalue weighted by atomic mass is 10.1. The first-order valence-corrected chi connectivity index (χ1v) is 11.8. The average Bonchev–Trinajstić information content (AvgIpc) is 3.43. The molecule has 2 aromatic heterocycles. The monoisotopic (exact) mass is 471 g/mol. The molecule has 0 spiro atoms. The highest BCUT2D eigenvalue weighted by atomic mass is 16.6. The summed E-state index contributed by atoms with van der Waals surface area (Å²) in [4.78, 5) is 40.2. The van der Waals surface area contributed by atoms with Gasteiger partial charge in [-0.2, -0.15) is 9.61 Å². The van der Waals surface area contributed by atoms with Gasteiger partial charge in [0.2, 0.25) is 5.88 Å². The molecule has 184 valence electrons. The molecule has 0 unspecified atom stereocenters. The molecule has 0 atom stereocenters. The number of amides is 2. The van der Waals surface area contributed by atoms with Gasteiger partial charge in [0.15, 0.2) is 5.56 Å². The smallest absolute Gasteiger partial charge is 0.410 e. The average molecular weight is 472 g/mol. The summed E-state index contributed by atoms with van der Waals surface area (Å²) in [6.45, 7) is 10.6. The second-order valence-corrected chi connectivity index (χ2v) is 10.5. The van der Waals surface area contributed by atoms with Crippen molar-refractivity contribution in [3.63, 3.8) is 0 Å². The Hall–Kier alpha value is -3.30. The molecular formula is C24H33N5O5. The second kappa shape index (κ2) is 8.81. The van der Waals surface area contributed by atoms with E-state index in [1.54, 1.807) is 11.0 Å². The molecule has 1 saturated carbocycles. The molecule has 2 aliphatic rings. The summed E-state index contributed by atoms with van der Waals surface area (Å²) in [7, 11) is 0. The number of ether oxygens (including phenoxy) is 1. The van der Waals surface area contributed by atoms with Crippen molar-refractivity contribution in [3.05, 3.63) is 33.8 Å². The minimum absolute atomic E-state index is 0.0416. The first-order valence-electron chi connectivity index (χ1n) is 11.8. The van der Waals surface area contributed by atoms with Gasteiger partial charge in [-0.1, -0.05) is 19.9 Å². The number of fused-ring (bicyclic) bond motifs is 1. The molecule has 1 aliphatic carbocycles. The van der Waals surface area contributed by atoms with Gasteiger partial charge in [0.25, 0.3) is 11.5 Å². The van der Waals surface area contributed by atoms with Crippen LogP contribution in [0.15, 0.2) is 16.9 Å². The summed E-state index contributed by atoms with van der Waals surface area (Å²) in [5, 5.41) is 18.2. The third kappa shape index (κ3) is 4.95. The van der Waals surface area contributed by atoms with Crippen LogP contribution in [0.3, 0.4) is 0 Å². The molecule has 2 amide bonds. The van der Waals surface area contributed by atoms with Gasteiger partial charge in [0, 0.05) is 25.2 Å². The van der Waals surface area contributed by atoms with E-state index in [1.165, 1.54) is 9.08 Å². The number of aromatic hydroxyl groups is 1. The molecule has 2 aromatic rings. The highest BCUT2D eigenvalue weighted by Gasteiger charge is 2.30. The molecule has 3 heterocycles. The van der Waals surface area contributed by atoms with E-state index < -0.39 is 29.0 Å². The Kier molecular flexibility index (Phi) is 6.18. The van der Waals surface area contributed by atoms with Crippen LogP contribution in [0.2, 0.25) is 0 Å². The van der Waals surface area contributed by atoms with E-state index in [0.717, 1.165) is 18.4 Å². The molecule has 1 fully saturated rings. The number of nitrogens with zero attached hydrogens (tertiary/aromatic N) is 4. The van der Waals surface area contributed by atoms with Crippen molar-refractivity contribution in [2.45, 2.75) is 72.1 Å². The topological polar surface area (TPSA) is 118 Å². The van der Waals surface area contributed by atoms with Crippen LogP contribution in [0, 0.1) is 5.92 Å². The minimum atomic E-state index is -0.600. The van der Waals surface area contributed by atoms with Crippen molar-refractivity contribution >= 4 is 23.2 Å². The zero-order chi connectivity index (χ0) is 24.8. The largest absolute Gasteiger partial charge is 0.492 e.